The molecule has 3 aromatic rings. The topological polar surface area (TPSA) is 107 Å². The molecule has 0 radical (unpaired) electrons. The number of hydrogen-bond acceptors (Lipinski definition) is 8. The summed E-state index contributed by atoms with van der Waals surface area (Å²) >= 11 is 0. The molecule has 1 fully saturated rings. The molecule has 10 nitrogen and oxygen atoms in total. The number of nitrogens with zero attached hydrogens (tertiary/aromatic N) is 4. The van der Waals surface area contributed by atoms with Gasteiger partial charge in [-0.25, -0.2) is 9.36 Å². The molecule has 0 bridgehead atoms. The Hall–Kier alpha value is -2.91. The van der Waals surface area contributed by atoms with Crippen LogP contribution in [0.2, 0.25) is 0 Å². The molecule has 3 heterocycles. The summed E-state index contributed by atoms with van der Waals surface area (Å²) in [5.74, 6) is 3.28. The van der Waals surface area contributed by atoms with Gasteiger partial charge in [-0.2, -0.15) is 18.6 Å². The molecular weight excluding hydrogens is 472 g/mol. The van der Waals surface area contributed by atoms with Gasteiger partial charge in [-0.3, -0.25) is 4.18 Å². The first-order valence-electron chi connectivity index (χ1n) is 11.5. The molecule has 2 unspecified atom stereocenters. The van der Waals surface area contributed by atoms with Crippen LogP contribution >= 0.6 is 0 Å². The third kappa shape index (κ3) is 6.02. The van der Waals surface area contributed by atoms with Crippen LogP contribution in [0.15, 0.2) is 24.4 Å². The number of aryl methyl sites for hydroxylation is 1. The third-order valence-electron chi connectivity index (χ3n) is 5.71. The van der Waals surface area contributed by atoms with E-state index in [1.807, 2.05) is 22.9 Å². The van der Waals surface area contributed by atoms with Crippen LogP contribution in [0.25, 0.3) is 22.0 Å². The highest BCUT2D eigenvalue weighted by Crippen LogP contribution is 2.34. The molecule has 0 spiro atoms. The summed E-state index contributed by atoms with van der Waals surface area (Å²) in [5.41, 5.74) is 3.21. The minimum atomic E-state index is -3.50. The Kier molecular flexibility index (Phi) is 7.76. The van der Waals surface area contributed by atoms with Gasteiger partial charge in [0, 0.05) is 19.0 Å². The van der Waals surface area contributed by atoms with Gasteiger partial charge >= 0.3 is 0 Å². The maximum Gasteiger partial charge on any atom is 0.264 e. The summed E-state index contributed by atoms with van der Waals surface area (Å²) < 4.78 is 47.9. The lowest BCUT2D eigenvalue weighted by Crippen LogP contribution is -2.21. The van der Waals surface area contributed by atoms with Crippen LogP contribution in [-0.4, -0.2) is 66.8 Å². The van der Waals surface area contributed by atoms with Crippen LogP contribution in [0, 0.1) is 12.3 Å². The van der Waals surface area contributed by atoms with Crippen molar-refractivity contribution in [2.45, 2.75) is 38.5 Å². The van der Waals surface area contributed by atoms with E-state index in [2.05, 4.69) is 16.1 Å². The minimum Gasteiger partial charge on any atom is -0.475 e. The highest BCUT2D eigenvalue weighted by molar-refractivity contribution is 7.85. The zero-order valence-electron chi connectivity index (χ0n) is 20.1. The second-order valence-corrected chi connectivity index (χ2v) is 10.1. The summed E-state index contributed by atoms with van der Waals surface area (Å²) in [6, 6.07) is 6.00. The lowest BCUT2D eigenvalue weighted by Gasteiger charge is -2.23. The van der Waals surface area contributed by atoms with E-state index in [-0.39, 0.29) is 26.0 Å². The zero-order valence-corrected chi connectivity index (χ0v) is 21.0. The number of ether oxygens (including phenoxy) is 3. The van der Waals surface area contributed by atoms with E-state index in [0.29, 0.717) is 11.6 Å². The normalized spacial score (nSPS) is 17.4. The van der Waals surface area contributed by atoms with Crippen LogP contribution in [0.5, 0.6) is 5.88 Å². The maximum absolute atomic E-state index is 11.1. The Morgan fingerprint density at radius 2 is 2.14 bits per heavy atom. The van der Waals surface area contributed by atoms with Crippen LogP contribution < -0.4 is 4.74 Å². The molecule has 1 aromatic carbocycles. The molecular formula is C24H30N4O6S. The van der Waals surface area contributed by atoms with Crippen molar-refractivity contribution in [3.05, 3.63) is 30.1 Å². The van der Waals surface area contributed by atoms with Crippen LogP contribution in [0.3, 0.4) is 0 Å². The quantitative estimate of drug-likeness (QED) is 0.237. The van der Waals surface area contributed by atoms with Crippen molar-refractivity contribution < 1.29 is 26.8 Å². The fraction of sp³-hybridized carbons (Fsp3) is 0.500. The Morgan fingerprint density at radius 3 is 2.86 bits per heavy atom. The highest BCUT2D eigenvalue weighted by Gasteiger charge is 2.22. The van der Waals surface area contributed by atoms with Gasteiger partial charge in [0.15, 0.2) is 6.23 Å². The predicted octanol–water partition coefficient (Wildman–Crippen LogP) is 2.88. The van der Waals surface area contributed by atoms with Gasteiger partial charge in [-0.15, -0.1) is 6.42 Å². The lowest BCUT2D eigenvalue weighted by molar-refractivity contribution is -0.0367. The maximum atomic E-state index is 11.1. The van der Waals surface area contributed by atoms with Crippen molar-refractivity contribution in [3.63, 3.8) is 0 Å². The molecule has 1 aliphatic rings. The largest absolute Gasteiger partial charge is 0.475 e. The zero-order chi connectivity index (χ0) is 25.0. The number of fused-ring (bicyclic) bond motifs is 1. The van der Waals surface area contributed by atoms with Gasteiger partial charge in [0.1, 0.15) is 12.3 Å². The summed E-state index contributed by atoms with van der Waals surface area (Å²) in [5, 5.41) is 9.86. The van der Waals surface area contributed by atoms with Crippen molar-refractivity contribution in [2.75, 3.05) is 32.7 Å². The van der Waals surface area contributed by atoms with Crippen molar-refractivity contribution >= 4 is 21.0 Å². The van der Waals surface area contributed by atoms with Crippen LogP contribution in [-0.2, 0) is 30.8 Å². The molecule has 4 rings (SSSR count). The number of terminal acetylenes is 1. The molecule has 0 amide bonds. The van der Waals surface area contributed by atoms with E-state index >= 15 is 0 Å². The van der Waals surface area contributed by atoms with Gasteiger partial charge < -0.3 is 14.2 Å². The Morgan fingerprint density at radius 1 is 1.31 bits per heavy atom. The lowest BCUT2D eigenvalue weighted by atomic mass is 10.1. The Labute approximate surface area is 205 Å². The van der Waals surface area contributed by atoms with Crippen molar-refractivity contribution in [1.29, 1.82) is 0 Å². The van der Waals surface area contributed by atoms with Crippen LogP contribution in [0.1, 0.15) is 38.1 Å². The monoisotopic (exact) mass is 502 g/mol. The Bertz CT molecular complexity index is 1320. The smallest absolute Gasteiger partial charge is 0.264 e. The fourth-order valence-corrected chi connectivity index (χ4v) is 4.44. The fourth-order valence-electron chi connectivity index (χ4n) is 4.00. The first-order chi connectivity index (χ1) is 16.8. The molecule has 188 valence electrons. The van der Waals surface area contributed by atoms with E-state index in [1.54, 1.807) is 24.9 Å². The van der Waals surface area contributed by atoms with E-state index < -0.39 is 16.2 Å². The number of benzene rings is 1. The van der Waals surface area contributed by atoms with E-state index in [9.17, 15) is 8.42 Å². The van der Waals surface area contributed by atoms with E-state index in [0.717, 1.165) is 54.2 Å². The molecule has 2 atom stereocenters. The molecule has 0 N–H and O–H groups in total. The molecule has 11 heteroatoms. The van der Waals surface area contributed by atoms with Crippen molar-refractivity contribution in [3.8, 4) is 29.4 Å². The SMILES string of the molecule is C#Cc1nn(C2CCCCO2)c2ccc(-c3cnn(C)c3OCCOC(C)COS(C)(=O)=O)cc12. The first-order valence-corrected chi connectivity index (χ1v) is 13.3. The van der Waals surface area contributed by atoms with Gasteiger partial charge in [-0.1, -0.05) is 6.07 Å². The number of aromatic nitrogens is 4. The second kappa shape index (κ2) is 10.8. The molecule has 0 saturated carbocycles. The summed E-state index contributed by atoms with van der Waals surface area (Å²) in [6.07, 6.45) is 11.1. The average molecular weight is 503 g/mol. The molecule has 35 heavy (non-hydrogen) atoms. The summed E-state index contributed by atoms with van der Waals surface area (Å²) in [4.78, 5) is 0. The molecule has 1 saturated heterocycles. The third-order valence-corrected chi connectivity index (χ3v) is 6.27. The summed E-state index contributed by atoms with van der Waals surface area (Å²) in [6.45, 7) is 2.92. The summed E-state index contributed by atoms with van der Waals surface area (Å²) in [7, 11) is -1.70. The molecule has 1 aliphatic heterocycles. The van der Waals surface area contributed by atoms with Gasteiger partial charge in [0.25, 0.3) is 10.1 Å². The van der Waals surface area contributed by atoms with Gasteiger partial charge in [-0.05, 0) is 49.8 Å². The number of rotatable bonds is 10. The Balaban J connectivity index is 1.48. The van der Waals surface area contributed by atoms with Gasteiger partial charge in [0.2, 0.25) is 5.88 Å². The minimum absolute atomic E-state index is 0.0487. The standard InChI is InChI=1S/C24H30N4O6S/c1-5-21-19-14-18(9-10-22(19)28(26-21)23-8-6-7-11-32-23)20-15-25-27(3)24(20)33-13-12-31-17(2)16-34-35(4,29)30/h1,9-10,14-15,17,23H,6-8,11-13,16H2,2-4H3. The van der Waals surface area contributed by atoms with E-state index in [1.165, 1.54) is 0 Å². The molecule has 2 aromatic heterocycles. The van der Waals surface area contributed by atoms with Crippen molar-refractivity contribution in [2.24, 2.45) is 7.05 Å². The average Bonchev–Trinajstić information content (AvgIpc) is 3.40. The highest BCUT2D eigenvalue weighted by atomic mass is 32.2. The molecule has 0 aliphatic carbocycles. The first kappa shape index (κ1) is 25.2. The predicted molar refractivity (Wildman–Crippen MR) is 130 cm³/mol. The number of hydrogen-bond donors (Lipinski definition) is 0. The second-order valence-electron chi connectivity index (χ2n) is 8.50. The van der Waals surface area contributed by atoms with Gasteiger partial charge in [0.05, 0.1) is 42.9 Å². The van der Waals surface area contributed by atoms with E-state index in [4.69, 9.17) is 24.8 Å². The van der Waals surface area contributed by atoms with Crippen LogP contribution in [0.4, 0.5) is 0 Å². The van der Waals surface area contributed by atoms with Crippen molar-refractivity contribution in [1.82, 2.24) is 19.6 Å².